The van der Waals surface area contributed by atoms with E-state index in [1.165, 1.54) is 0 Å². The van der Waals surface area contributed by atoms with Crippen molar-refractivity contribution in [2.45, 2.75) is 44.8 Å². The number of hydrogen-bond donors (Lipinski definition) is 2. The third-order valence-electron chi connectivity index (χ3n) is 3.89. The fourth-order valence-corrected chi connectivity index (χ4v) is 2.74. The van der Waals surface area contributed by atoms with Gasteiger partial charge in [0.2, 0.25) is 11.8 Å². The molecule has 0 bridgehead atoms. The molecule has 1 aromatic carbocycles. The molecule has 1 saturated heterocycles. The first-order valence-electron chi connectivity index (χ1n) is 7.90. The van der Waals surface area contributed by atoms with E-state index in [9.17, 15) is 14.7 Å². The molecule has 1 fully saturated rings. The number of β-amino-alcohol motifs (C(OH)–C–C–N with tert-alkyl or cyclic N) is 1. The van der Waals surface area contributed by atoms with Crippen LogP contribution in [-0.2, 0) is 16.0 Å². The van der Waals surface area contributed by atoms with E-state index in [0.717, 1.165) is 12.0 Å². The van der Waals surface area contributed by atoms with E-state index < -0.39 is 12.1 Å². The molecule has 5 heteroatoms. The molecule has 1 aliphatic rings. The third kappa shape index (κ3) is 4.56. The molecule has 2 rings (SSSR count). The topological polar surface area (TPSA) is 69.6 Å². The monoisotopic (exact) mass is 304 g/mol. The molecule has 0 aromatic heterocycles. The Bertz CT molecular complexity index is 504. The lowest BCUT2D eigenvalue weighted by Gasteiger charge is -2.24. The van der Waals surface area contributed by atoms with E-state index >= 15 is 0 Å². The molecule has 0 aliphatic carbocycles. The number of likely N-dealkylation sites (tertiary alicyclic amines) is 1. The van der Waals surface area contributed by atoms with Gasteiger partial charge >= 0.3 is 0 Å². The molecule has 1 heterocycles. The average Bonchev–Trinajstić information content (AvgIpc) is 2.93. The van der Waals surface area contributed by atoms with Crippen LogP contribution in [-0.4, -0.2) is 47.1 Å². The lowest BCUT2D eigenvalue weighted by atomic mass is 10.1. The molecule has 22 heavy (non-hydrogen) atoms. The Labute approximate surface area is 131 Å². The maximum Gasteiger partial charge on any atom is 0.245 e. The van der Waals surface area contributed by atoms with Gasteiger partial charge in [-0.1, -0.05) is 43.7 Å². The average molecular weight is 304 g/mol. The van der Waals surface area contributed by atoms with Crippen LogP contribution in [0.1, 0.15) is 31.7 Å². The molecule has 1 unspecified atom stereocenters. The Balaban J connectivity index is 1.93. The first-order chi connectivity index (χ1) is 10.6. The van der Waals surface area contributed by atoms with E-state index in [1.807, 2.05) is 37.3 Å². The van der Waals surface area contributed by atoms with Crippen molar-refractivity contribution < 1.29 is 14.7 Å². The van der Waals surface area contributed by atoms with Gasteiger partial charge in [0.05, 0.1) is 12.5 Å². The van der Waals surface area contributed by atoms with Crippen LogP contribution >= 0.6 is 0 Å². The molecule has 2 amide bonds. The molecular weight excluding hydrogens is 280 g/mol. The van der Waals surface area contributed by atoms with Gasteiger partial charge in [-0.3, -0.25) is 9.59 Å². The van der Waals surface area contributed by atoms with Gasteiger partial charge in [-0.25, -0.2) is 0 Å². The fraction of sp³-hybridized carbons (Fsp3) is 0.529. The van der Waals surface area contributed by atoms with Gasteiger partial charge in [-0.15, -0.1) is 0 Å². The minimum absolute atomic E-state index is 0.0835. The standard InChI is InChI=1S/C17H24N2O3/c1-2-6-15(17(22)19-10-9-14(20)12-19)18-16(21)11-13-7-4-3-5-8-13/h3-5,7-8,14-15,20H,2,6,9-12H2,1H3,(H,18,21)/t14-,15?/m0/s1. The zero-order valence-corrected chi connectivity index (χ0v) is 13.0. The first kappa shape index (κ1) is 16.5. The van der Waals surface area contributed by atoms with Crippen molar-refractivity contribution in [3.05, 3.63) is 35.9 Å². The van der Waals surface area contributed by atoms with Gasteiger partial charge in [0.15, 0.2) is 0 Å². The summed E-state index contributed by atoms with van der Waals surface area (Å²) in [5.74, 6) is -0.224. The number of rotatable bonds is 6. The Hall–Kier alpha value is -1.88. The highest BCUT2D eigenvalue weighted by atomic mass is 16.3. The second kappa shape index (κ2) is 7.94. The van der Waals surface area contributed by atoms with Crippen molar-refractivity contribution in [2.75, 3.05) is 13.1 Å². The molecule has 1 aliphatic heterocycles. The maximum atomic E-state index is 12.5. The second-order valence-electron chi connectivity index (χ2n) is 5.80. The Morgan fingerprint density at radius 2 is 2.09 bits per heavy atom. The molecule has 0 radical (unpaired) electrons. The Kier molecular flexibility index (Phi) is 5.95. The minimum Gasteiger partial charge on any atom is -0.391 e. The van der Waals surface area contributed by atoms with Gasteiger partial charge in [0, 0.05) is 13.1 Å². The van der Waals surface area contributed by atoms with Gasteiger partial charge in [-0.2, -0.15) is 0 Å². The summed E-state index contributed by atoms with van der Waals surface area (Å²) >= 11 is 0. The maximum absolute atomic E-state index is 12.5. The summed E-state index contributed by atoms with van der Waals surface area (Å²) in [6.07, 6.45) is 1.88. The lowest BCUT2D eigenvalue weighted by Crippen LogP contribution is -2.48. The molecule has 0 spiro atoms. The SMILES string of the molecule is CCCC(NC(=O)Cc1ccccc1)C(=O)N1CC[C@H](O)C1. The van der Waals surface area contributed by atoms with E-state index in [0.29, 0.717) is 25.9 Å². The second-order valence-corrected chi connectivity index (χ2v) is 5.80. The largest absolute Gasteiger partial charge is 0.391 e. The number of aliphatic hydroxyl groups excluding tert-OH is 1. The quantitative estimate of drug-likeness (QED) is 0.827. The van der Waals surface area contributed by atoms with Crippen molar-refractivity contribution in [3.8, 4) is 0 Å². The van der Waals surface area contributed by atoms with Crippen LogP contribution in [0, 0.1) is 0 Å². The number of carbonyl (C=O) groups is 2. The number of benzene rings is 1. The highest BCUT2D eigenvalue weighted by Crippen LogP contribution is 2.12. The van der Waals surface area contributed by atoms with Crippen LogP contribution in [0.5, 0.6) is 0 Å². The van der Waals surface area contributed by atoms with Crippen molar-refractivity contribution in [1.29, 1.82) is 0 Å². The number of aliphatic hydroxyl groups is 1. The molecule has 2 atom stereocenters. The molecular formula is C17H24N2O3. The normalized spacial score (nSPS) is 19.0. The van der Waals surface area contributed by atoms with Crippen LogP contribution in [0.15, 0.2) is 30.3 Å². The van der Waals surface area contributed by atoms with E-state index in [-0.39, 0.29) is 18.2 Å². The minimum atomic E-state index is -0.494. The molecule has 1 aromatic rings. The predicted molar refractivity (Wildman–Crippen MR) is 84.2 cm³/mol. The van der Waals surface area contributed by atoms with Crippen molar-refractivity contribution >= 4 is 11.8 Å². The van der Waals surface area contributed by atoms with Gasteiger partial charge in [0.25, 0.3) is 0 Å². The van der Waals surface area contributed by atoms with Crippen molar-refractivity contribution in [1.82, 2.24) is 10.2 Å². The summed E-state index contributed by atoms with van der Waals surface area (Å²) in [5, 5.41) is 12.4. The summed E-state index contributed by atoms with van der Waals surface area (Å²) in [6.45, 7) is 2.92. The van der Waals surface area contributed by atoms with Crippen LogP contribution < -0.4 is 5.32 Å². The van der Waals surface area contributed by atoms with Crippen molar-refractivity contribution in [2.24, 2.45) is 0 Å². The lowest BCUT2D eigenvalue weighted by molar-refractivity contribution is -0.136. The van der Waals surface area contributed by atoms with Crippen LogP contribution in [0.2, 0.25) is 0 Å². The summed E-state index contributed by atoms with van der Waals surface area (Å²) in [5.41, 5.74) is 0.930. The van der Waals surface area contributed by atoms with Crippen LogP contribution in [0.3, 0.4) is 0 Å². The molecule has 2 N–H and O–H groups in total. The molecule has 120 valence electrons. The van der Waals surface area contributed by atoms with Crippen molar-refractivity contribution in [3.63, 3.8) is 0 Å². The predicted octanol–water partition coefficient (Wildman–Crippen LogP) is 1.11. The highest BCUT2D eigenvalue weighted by Gasteiger charge is 2.30. The van der Waals surface area contributed by atoms with Gasteiger partial charge in [-0.05, 0) is 18.4 Å². The number of nitrogens with one attached hydrogen (secondary N) is 1. The number of amides is 2. The molecule has 5 nitrogen and oxygen atoms in total. The van der Waals surface area contributed by atoms with Gasteiger partial charge in [0.1, 0.15) is 6.04 Å². The number of hydrogen-bond acceptors (Lipinski definition) is 3. The van der Waals surface area contributed by atoms with Crippen LogP contribution in [0.25, 0.3) is 0 Å². The summed E-state index contributed by atoms with van der Waals surface area (Å²) < 4.78 is 0. The van der Waals surface area contributed by atoms with E-state index in [1.54, 1.807) is 4.90 Å². The smallest absolute Gasteiger partial charge is 0.245 e. The summed E-state index contributed by atoms with van der Waals surface area (Å²) in [7, 11) is 0. The van der Waals surface area contributed by atoms with Crippen LogP contribution in [0.4, 0.5) is 0 Å². The number of nitrogens with zero attached hydrogens (tertiary/aromatic N) is 1. The number of carbonyl (C=O) groups excluding carboxylic acids is 2. The van der Waals surface area contributed by atoms with Gasteiger partial charge < -0.3 is 15.3 Å². The summed E-state index contributed by atoms with van der Waals surface area (Å²) in [4.78, 5) is 26.3. The zero-order valence-electron chi connectivity index (χ0n) is 13.0. The van der Waals surface area contributed by atoms with E-state index in [4.69, 9.17) is 0 Å². The Morgan fingerprint density at radius 1 is 1.36 bits per heavy atom. The molecule has 0 saturated carbocycles. The zero-order chi connectivity index (χ0) is 15.9. The Morgan fingerprint density at radius 3 is 2.68 bits per heavy atom. The van der Waals surface area contributed by atoms with E-state index in [2.05, 4.69) is 5.32 Å². The third-order valence-corrected chi connectivity index (χ3v) is 3.89. The highest BCUT2D eigenvalue weighted by molar-refractivity contribution is 5.88. The fourth-order valence-electron chi connectivity index (χ4n) is 2.74. The summed E-state index contributed by atoms with van der Waals surface area (Å²) in [6, 6.07) is 8.99. The first-order valence-corrected chi connectivity index (χ1v) is 7.90.